The number of nitrogens with one attached hydrogen (secondary N) is 1. The van der Waals surface area contributed by atoms with Gasteiger partial charge in [-0.2, -0.15) is 0 Å². The quantitative estimate of drug-likeness (QED) is 0.629. The number of amides is 1. The molecule has 2 heterocycles. The highest BCUT2D eigenvalue weighted by molar-refractivity contribution is 7.80. The van der Waals surface area contributed by atoms with Crippen molar-refractivity contribution in [3.63, 3.8) is 0 Å². The van der Waals surface area contributed by atoms with Gasteiger partial charge in [0.15, 0.2) is 5.82 Å². The molecule has 1 amide bonds. The smallest absolute Gasteiger partial charge is 0.415 e. The predicted octanol–water partition coefficient (Wildman–Crippen LogP) is 2.48. The van der Waals surface area contributed by atoms with E-state index in [0.29, 0.717) is 22.3 Å². The van der Waals surface area contributed by atoms with Crippen LogP contribution >= 0.6 is 12.2 Å². The third-order valence-electron chi connectivity index (χ3n) is 2.72. The average molecular weight is 278 g/mol. The molecule has 1 aliphatic rings. The molecule has 0 bridgehead atoms. The molecule has 1 aromatic rings. The maximum absolute atomic E-state index is 12.2. The van der Waals surface area contributed by atoms with E-state index in [-0.39, 0.29) is 0 Å². The second-order valence-corrected chi connectivity index (χ2v) is 5.08. The molecule has 0 unspecified atom stereocenters. The minimum Gasteiger partial charge on any atom is -0.415 e. The fourth-order valence-corrected chi connectivity index (χ4v) is 1.95. The van der Waals surface area contributed by atoms with E-state index in [1.807, 2.05) is 13.8 Å². The van der Waals surface area contributed by atoms with Crippen LogP contribution in [0.5, 0.6) is 0 Å². The molecule has 1 N–H and O–H groups in total. The number of rotatable bonds is 1. The van der Waals surface area contributed by atoms with E-state index in [4.69, 9.17) is 17.0 Å². The van der Waals surface area contributed by atoms with Gasteiger partial charge in [0, 0.05) is 0 Å². The number of hydrogen-bond donors (Lipinski definition) is 1. The van der Waals surface area contributed by atoms with Gasteiger partial charge in [-0.15, -0.1) is 0 Å². The zero-order chi connectivity index (χ0) is 14.2. The Bertz CT molecular complexity index is 571. The molecule has 7 heteroatoms. The van der Waals surface area contributed by atoms with Crippen molar-refractivity contribution in [1.29, 1.82) is 0 Å². The van der Waals surface area contributed by atoms with Crippen LogP contribution in [0.3, 0.4) is 0 Å². The highest BCUT2D eigenvalue weighted by Crippen LogP contribution is 2.35. The normalized spacial score (nSPS) is 16.4. The van der Waals surface area contributed by atoms with Crippen molar-refractivity contribution in [2.45, 2.75) is 26.3 Å². The van der Waals surface area contributed by atoms with Crippen LogP contribution in [0.4, 0.5) is 16.3 Å². The largest absolute Gasteiger partial charge is 0.420 e. The van der Waals surface area contributed by atoms with Crippen LogP contribution < -0.4 is 10.2 Å². The first-order valence-electron chi connectivity index (χ1n) is 5.63. The minimum absolute atomic E-state index is 0.309. The molecular formula is C12H14N4O2S. The molecule has 0 aromatic carbocycles. The first-order chi connectivity index (χ1) is 8.84. The van der Waals surface area contributed by atoms with Crippen molar-refractivity contribution < 1.29 is 9.53 Å². The highest BCUT2D eigenvalue weighted by Gasteiger charge is 2.43. The van der Waals surface area contributed by atoms with Crippen LogP contribution in [0, 0.1) is 0 Å². The summed E-state index contributed by atoms with van der Waals surface area (Å²) in [6, 6.07) is 0. The summed E-state index contributed by atoms with van der Waals surface area (Å²) in [6.07, 6.45) is 2.37. The molecule has 100 valence electrons. The SMILES string of the molecule is C=C(C)OC(=O)N1c2cncnc2NC(=S)C1(C)C. The predicted molar refractivity (Wildman–Crippen MR) is 76.1 cm³/mol. The van der Waals surface area contributed by atoms with Crippen molar-refractivity contribution in [3.05, 3.63) is 24.9 Å². The Morgan fingerprint density at radius 1 is 1.58 bits per heavy atom. The number of carbonyl (C=O) groups is 1. The van der Waals surface area contributed by atoms with Crippen LogP contribution in [-0.2, 0) is 4.74 Å². The van der Waals surface area contributed by atoms with Gasteiger partial charge < -0.3 is 10.1 Å². The maximum Gasteiger partial charge on any atom is 0.420 e. The van der Waals surface area contributed by atoms with Crippen molar-refractivity contribution in [3.8, 4) is 0 Å². The molecule has 0 fully saturated rings. The lowest BCUT2D eigenvalue weighted by atomic mass is 10.00. The Morgan fingerprint density at radius 2 is 2.26 bits per heavy atom. The monoisotopic (exact) mass is 278 g/mol. The number of anilines is 2. The van der Waals surface area contributed by atoms with E-state index < -0.39 is 11.6 Å². The lowest BCUT2D eigenvalue weighted by Gasteiger charge is -2.42. The van der Waals surface area contributed by atoms with E-state index in [1.54, 1.807) is 13.1 Å². The molecule has 6 nitrogen and oxygen atoms in total. The Hall–Kier alpha value is -2.02. The molecule has 1 aromatic heterocycles. The lowest BCUT2D eigenvalue weighted by molar-refractivity contribution is 0.180. The number of thiocarbonyl (C=S) groups is 1. The van der Waals surface area contributed by atoms with Crippen LogP contribution in [0.2, 0.25) is 0 Å². The summed E-state index contributed by atoms with van der Waals surface area (Å²) < 4.78 is 5.08. The fourth-order valence-electron chi connectivity index (χ4n) is 1.77. The van der Waals surface area contributed by atoms with Crippen LogP contribution in [-0.4, -0.2) is 26.6 Å². The standard InChI is InChI=1S/C12H14N4O2S/c1-7(2)18-11(17)16-8-5-13-6-14-9(8)15-10(19)12(16,3)4/h5-6H,1H2,2-4H3,(H,13,14,15,19). The Balaban J connectivity index is 2.51. The third-order valence-corrected chi connectivity index (χ3v) is 3.33. The molecule has 0 spiro atoms. The Labute approximate surface area is 116 Å². The molecule has 0 atom stereocenters. The average Bonchev–Trinajstić information content (AvgIpc) is 2.29. The van der Waals surface area contributed by atoms with Gasteiger partial charge in [-0.1, -0.05) is 18.8 Å². The van der Waals surface area contributed by atoms with Gasteiger partial charge >= 0.3 is 6.09 Å². The van der Waals surface area contributed by atoms with Gasteiger partial charge in [0.25, 0.3) is 0 Å². The minimum atomic E-state index is -0.737. The number of fused-ring (bicyclic) bond motifs is 1. The zero-order valence-corrected chi connectivity index (χ0v) is 11.7. The summed E-state index contributed by atoms with van der Waals surface area (Å²) >= 11 is 5.28. The van der Waals surface area contributed by atoms with Crippen LogP contribution in [0.15, 0.2) is 24.9 Å². The summed E-state index contributed by atoms with van der Waals surface area (Å²) in [7, 11) is 0. The van der Waals surface area contributed by atoms with Gasteiger partial charge in [-0.25, -0.2) is 14.8 Å². The second-order valence-electron chi connectivity index (χ2n) is 4.68. The first kappa shape index (κ1) is 13.4. The van der Waals surface area contributed by atoms with Crippen molar-refractivity contribution in [2.24, 2.45) is 0 Å². The summed E-state index contributed by atoms with van der Waals surface area (Å²) in [6.45, 7) is 8.80. The Kier molecular flexibility index (Phi) is 3.23. The molecule has 0 aliphatic carbocycles. The summed E-state index contributed by atoms with van der Waals surface area (Å²) in [5, 5.41) is 3.00. The molecule has 0 saturated carbocycles. The van der Waals surface area contributed by atoms with Crippen LogP contribution in [0.25, 0.3) is 0 Å². The van der Waals surface area contributed by atoms with E-state index in [0.717, 1.165) is 0 Å². The van der Waals surface area contributed by atoms with Gasteiger partial charge in [0.2, 0.25) is 0 Å². The molecule has 1 aliphatic heterocycles. The molecule has 2 rings (SSSR count). The van der Waals surface area contributed by atoms with Gasteiger partial charge in [-0.05, 0) is 20.8 Å². The summed E-state index contributed by atoms with van der Waals surface area (Å²) in [5.41, 5.74) is -0.216. The van der Waals surface area contributed by atoms with Crippen molar-refractivity contribution in [1.82, 2.24) is 9.97 Å². The number of nitrogens with zero attached hydrogens (tertiary/aromatic N) is 3. The second kappa shape index (κ2) is 4.58. The van der Waals surface area contributed by atoms with Gasteiger partial charge in [0.1, 0.15) is 17.0 Å². The van der Waals surface area contributed by atoms with E-state index in [2.05, 4.69) is 21.9 Å². The molecular weight excluding hydrogens is 264 g/mol. The lowest BCUT2D eigenvalue weighted by Crippen LogP contribution is -2.58. The van der Waals surface area contributed by atoms with E-state index in [9.17, 15) is 4.79 Å². The number of allylic oxidation sites excluding steroid dienone is 1. The Morgan fingerprint density at radius 3 is 2.89 bits per heavy atom. The third kappa shape index (κ3) is 2.28. The van der Waals surface area contributed by atoms with Gasteiger partial charge in [-0.3, -0.25) is 4.90 Å². The van der Waals surface area contributed by atoms with Crippen molar-refractivity contribution in [2.75, 3.05) is 10.2 Å². The molecule has 0 radical (unpaired) electrons. The maximum atomic E-state index is 12.2. The molecule has 0 saturated heterocycles. The highest BCUT2D eigenvalue weighted by atomic mass is 32.1. The number of ether oxygens (including phenoxy) is 1. The number of hydrogen-bond acceptors (Lipinski definition) is 5. The van der Waals surface area contributed by atoms with Crippen LogP contribution in [0.1, 0.15) is 20.8 Å². The zero-order valence-electron chi connectivity index (χ0n) is 10.9. The van der Waals surface area contributed by atoms with Gasteiger partial charge in [0.05, 0.1) is 17.5 Å². The fraction of sp³-hybridized carbons (Fsp3) is 0.333. The van der Waals surface area contributed by atoms with E-state index in [1.165, 1.54) is 11.2 Å². The van der Waals surface area contributed by atoms with E-state index >= 15 is 0 Å². The number of carbonyl (C=O) groups excluding carboxylic acids is 1. The summed E-state index contributed by atoms with van der Waals surface area (Å²) in [5.74, 6) is 0.793. The summed E-state index contributed by atoms with van der Waals surface area (Å²) in [4.78, 5) is 22.1. The topological polar surface area (TPSA) is 67.3 Å². The first-order valence-corrected chi connectivity index (χ1v) is 6.04. The molecule has 19 heavy (non-hydrogen) atoms. The number of aromatic nitrogens is 2. The van der Waals surface area contributed by atoms with Crippen molar-refractivity contribution >= 4 is 34.8 Å².